The van der Waals surface area contributed by atoms with Crippen molar-refractivity contribution in [3.63, 3.8) is 0 Å². The van der Waals surface area contributed by atoms with E-state index in [1.54, 1.807) is 41.7 Å². The van der Waals surface area contributed by atoms with E-state index in [4.69, 9.17) is 4.74 Å². The molecule has 3 aromatic rings. The fourth-order valence-electron chi connectivity index (χ4n) is 4.83. The predicted octanol–water partition coefficient (Wildman–Crippen LogP) is 4.61. The molecule has 2 aromatic carbocycles. The molecule has 4 rings (SSSR count). The molecule has 1 aromatic heterocycles. The highest BCUT2D eigenvalue weighted by Gasteiger charge is 2.33. The minimum atomic E-state index is -3.15. The van der Waals surface area contributed by atoms with Gasteiger partial charge in [-0.25, -0.2) is 28.3 Å². The van der Waals surface area contributed by atoms with Gasteiger partial charge in [-0.1, -0.05) is 40.7 Å². The van der Waals surface area contributed by atoms with Crippen LogP contribution in [0.3, 0.4) is 0 Å². The smallest absolute Gasteiger partial charge is 0.332 e. The third-order valence-electron chi connectivity index (χ3n) is 7.74. The molecule has 2 heterocycles. The number of carbonyl (C=O) groups is 5. The Hall–Kier alpha value is -5.29. The van der Waals surface area contributed by atoms with Gasteiger partial charge in [-0.2, -0.15) is 0 Å². The molecule has 0 aliphatic carbocycles. The standard InChI is InChI=1S/C35H40F2N6O8S/c1-20(2)19-51-32(46)27(15-21-7-12-29(38-18-21)42-30(44)13-14-41(6)34(42)48)40-31(45)24-16-26(37)28(17-25(24)36)43(52(49)50)23-10-8-22(9-11-23)39-33(47)35(3,4)5/h7-12,16-18,20,27H,13-15,19H2,1-6H3,(H,39,47)(H,40,45)(H,49,50)/p-1/t27-/m0/s1. The van der Waals surface area contributed by atoms with E-state index in [0.717, 1.165) is 4.90 Å². The van der Waals surface area contributed by atoms with Crippen molar-refractivity contribution in [1.29, 1.82) is 0 Å². The molecule has 1 fully saturated rings. The topological polar surface area (TPSA) is 181 Å². The number of imide groups is 1. The molecule has 0 radical (unpaired) electrons. The largest absolute Gasteiger partial charge is 0.755 e. The van der Waals surface area contributed by atoms with Crippen LogP contribution in [0.2, 0.25) is 0 Å². The lowest BCUT2D eigenvalue weighted by Gasteiger charge is -2.30. The van der Waals surface area contributed by atoms with Crippen molar-refractivity contribution in [2.24, 2.45) is 11.3 Å². The number of amides is 5. The van der Waals surface area contributed by atoms with Gasteiger partial charge in [-0.05, 0) is 47.9 Å². The van der Waals surface area contributed by atoms with Crippen LogP contribution in [0.25, 0.3) is 0 Å². The van der Waals surface area contributed by atoms with Crippen LogP contribution in [0.15, 0.2) is 54.7 Å². The SMILES string of the molecule is CC(C)COC(=O)[C@H](Cc1ccc(N2C(=O)CCN(C)C2=O)nc1)NC(=O)c1cc(F)c(N(c2ccc(NC(=O)C(C)(C)C)cc2)S(=O)[O-])cc1F. The molecule has 14 nitrogen and oxygen atoms in total. The summed E-state index contributed by atoms with van der Waals surface area (Å²) in [6.45, 7) is 8.98. The van der Waals surface area contributed by atoms with E-state index < -0.39 is 69.4 Å². The summed E-state index contributed by atoms with van der Waals surface area (Å²) in [5, 5.41) is 5.04. The van der Waals surface area contributed by atoms with E-state index in [1.807, 2.05) is 0 Å². The van der Waals surface area contributed by atoms with Crippen molar-refractivity contribution in [3.05, 3.63) is 77.5 Å². The lowest BCUT2D eigenvalue weighted by atomic mass is 9.95. The van der Waals surface area contributed by atoms with Gasteiger partial charge in [0.05, 0.1) is 34.8 Å². The molecule has 52 heavy (non-hydrogen) atoms. The zero-order chi connectivity index (χ0) is 38.5. The number of hydrogen-bond donors (Lipinski definition) is 2. The molecule has 2 N–H and O–H groups in total. The highest BCUT2D eigenvalue weighted by molar-refractivity contribution is 7.81. The van der Waals surface area contributed by atoms with E-state index in [-0.39, 0.29) is 49.3 Å². The lowest BCUT2D eigenvalue weighted by Crippen LogP contribution is -2.51. The maximum atomic E-state index is 15.5. The van der Waals surface area contributed by atoms with E-state index in [1.165, 1.54) is 47.5 Å². The molecule has 2 atom stereocenters. The summed E-state index contributed by atoms with van der Waals surface area (Å²) in [6, 6.07) is 7.31. The average molecular weight is 742 g/mol. The molecule has 1 aliphatic heterocycles. The van der Waals surface area contributed by atoms with Gasteiger partial charge in [0.15, 0.2) is 0 Å². The second-order valence-electron chi connectivity index (χ2n) is 13.5. The Balaban J connectivity index is 1.56. The number of carbonyl (C=O) groups excluding carboxylic acids is 5. The van der Waals surface area contributed by atoms with Crippen LogP contribution in [-0.4, -0.2) is 74.6 Å². The molecule has 0 saturated carbocycles. The molecule has 5 amide bonds. The van der Waals surface area contributed by atoms with Crippen molar-refractivity contribution < 1.29 is 46.3 Å². The first-order valence-electron chi connectivity index (χ1n) is 16.2. The summed E-state index contributed by atoms with van der Waals surface area (Å²) >= 11 is -3.15. The van der Waals surface area contributed by atoms with Crippen LogP contribution in [0.1, 0.15) is 57.0 Å². The maximum absolute atomic E-state index is 15.5. The Kier molecular flexibility index (Phi) is 12.4. The number of aromatic nitrogens is 1. The number of anilines is 4. The zero-order valence-corrected chi connectivity index (χ0v) is 30.2. The van der Waals surface area contributed by atoms with Crippen LogP contribution >= 0.6 is 0 Å². The predicted molar refractivity (Wildman–Crippen MR) is 187 cm³/mol. The maximum Gasteiger partial charge on any atom is 0.332 e. The van der Waals surface area contributed by atoms with E-state index in [2.05, 4.69) is 15.6 Å². The summed E-state index contributed by atoms with van der Waals surface area (Å²) in [5.74, 6) is -5.37. The first kappa shape index (κ1) is 39.5. The molecule has 278 valence electrons. The minimum Gasteiger partial charge on any atom is -0.755 e. The first-order chi connectivity index (χ1) is 24.4. The minimum absolute atomic E-state index is 0.00110. The Morgan fingerprint density at radius 1 is 1.06 bits per heavy atom. The van der Waals surface area contributed by atoms with Gasteiger partial charge in [-0.3, -0.25) is 22.9 Å². The van der Waals surface area contributed by atoms with Gasteiger partial charge >= 0.3 is 12.0 Å². The second kappa shape index (κ2) is 16.4. The van der Waals surface area contributed by atoms with Crippen LogP contribution < -0.4 is 19.8 Å². The first-order valence-corrected chi connectivity index (χ1v) is 17.2. The fourth-order valence-corrected chi connectivity index (χ4v) is 5.42. The van der Waals surface area contributed by atoms with Crippen molar-refractivity contribution >= 4 is 63.9 Å². The number of nitrogens with zero attached hydrogens (tertiary/aromatic N) is 4. The van der Waals surface area contributed by atoms with Crippen LogP contribution in [0.4, 0.5) is 36.5 Å². The zero-order valence-electron chi connectivity index (χ0n) is 29.4. The van der Waals surface area contributed by atoms with Gasteiger partial charge < -0.3 is 24.8 Å². The molecule has 0 bridgehead atoms. The second-order valence-corrected chi connectivity index (χ2v) is 14.3. The van der Waals surface area contributed by atoms with E-state index in [0.29, 0.717) is 27.7 Å². The summed E-state index contributed by atoms with van der Waals surface area (Å²) < 4.78 is 61.3. The van der Waals surface area contributed by atoms with Gasteiger partial charge in [0.2, 0.25) is 11.8 Å². The van der Waals surface area contributed by atoms with Gasteiger partial charge in [-0.15, -0.1) is 0 Å². The number of halogens is 2. The number of esters is 1. The Labute approximate surface area is 301 Å². The Bertz CT molecular complexity index is 1870. The number of nitrogens with one attached hydrogen (secondary N) is 2. The van der Waals surface area contributed by atoms with Crippen molar-refractivity contribution in [1.82, 2.24) is 15.2 Å². The highest BCUT2D eigenvalue weighted by Crippen LogP contribution is 2.32. The number of rotatable bonds is 12. The fraction of sp³-hybridized carbons (Fsp3) is 0.371. The van der Waals surface area contributed by atoms with E-state index >= 15 is 8.78 Å². The van der Waals surface area contributed by atoms with Gasteiger partial charge in [0.1, 0.15) is 23.5 Å². The Morgan fingerprint density at radius 2 is 1.73 bits per heavy atom. The number of hydrogen-bond acceptors (Lipinski definition) is 9. The molecule has 1 unspecified atom stereocenters. The van der Waals surface area contributed by atoms with Crippen molar-refractivity contribution in [2.75, 3.05) is 34.7 Å². The highest BCUT2D eigenvalue weighted by atomic mass is 32.2. The van der Waals surface area contributed by atoms with Crippen molar-refractivity contribution in [2.45, 2.75) is 53.5 Å². The molecule has 1 aliphatic rings. The molecular weight excluding hydrogens is 702 g/mol. The van der Waals surface area contributed by atoms with Crippen LogP contribution in [-0.2, 0) is 36.8 Å². The normalized spacial score (nSPS) is 14.6. The van der Waals surface area contributed by atoms with Gasteiger partial charge in [0, 0.05) is 49.8 Å². The number of pyridine rings is 1. The number of urea groups is 1. The molecule has 17 heteroatoms. The monoisotopic (exact) mass is 741 g/mol. The third-order valence-corrected chi connectivity index (χ3v) is 8.45. The van der Waals surface area contributed by atoms with Crippen LogP contribution in [0, 0.1) is 23.0 Å². The average Bonchev–Trinajstić information content (AvgIpc) is 3.07. The number of benzene rings is 2. The summed E-state index contributed by atoms with van der Waals surface area (Å²) in [5.41, 5.74) is -1.63. The summed E-state index contributed by atoms with van der Waals surface area (Å²) in [7, 11) is 1.55. The van der Waals surface area contributed by atoms with Crippen molar-refractivity contribution in [3.8, 4) is 0 Å². The van der Waals surface area contributed by atoms with Crippen LogP contribution in [0.5, 0.6) is 0 Å². The lowest BCUT2D eigenvalue weighted by molar-refractivity contribution is -0.147. The third kappa shape index (κ3) is 9.52. The number of ether oxygens (including phenoxy) is 1. The molecule has 0 spiro atoms. The quantitative estimate of drug-likeness (QED) is 0.198. The van der Waals surface area contributed by atoms with E-state index in [9.17, 15) is 32.7 Å². The summed E-state index contributed by atoms with van der Waals surface area (Å²) in [4.78, 5) is 70.1. The Morgan fingerprint density at radius 3 is 2.31 bits per heavy atom. The summed E-state index contributed by atoms with van der Waals surface area (Å²) in [6.07, 6.45) is 1.20. The van der Waals surface area contributed by atoms with Gasteiger partial charge in [0.25, 0.3) is 5.91 Å². The molecular formula is C35H39F2N6O8S-. The molecule has 1 saturated heterocycles.